The average Bonchev–Trinajstić information content (AvgIpc) is 3.09. The number of fused-ring (bicyclic) bond motifs is 1. The molecular formula is C22H25N3O3. The third kappa shape index (κ3) is 3.41. The van der Waals surface area contributed by atoms with Gasteiger partial charge in [-0.1, -0.05) is 30.3 Å². The fraction of sp³-hybridized carbons (Fsp3) is 0.364. The zero-order valence-corrected chi connectivity index (χ0v) is 15.9. The lowest BCUT2D eigenvalue weighted by molar-refractivity contribution is -0.0668. The Morgan fingerprint density at radius 2 is 2.07 bits per heavy atom. The van der Waals surface area contributed by atoms with E-state index in [4.69, 9.17) is 0 Å². The van der Waals surface area contributed by atoms with Gasteiger partial charge in [0, 0.05) is 24.1 Å². The number of benzene rings is 2. The minimum absolute atomic E-state index is 0.0908. The Hall–Kier alpha value is -2.70. The van der Waals surface area contributed by atoms with E-state index >= 15 is 0 Å². The lowest BCUT2D eigenvalue weighted by Crippen LogP contribution is -2.56. The number of nitrogens with one attached hydrogen (secondary N) is 1. The molecule has 2 atom stereocenters. The summed E-state index contributed by atoms with van der Waals surface area (Å²) < 4.78 is 0. The first kappa shape index (κ1) is 18.7. The van der Waals surface area contributed by atoms with E-state index in [2.05, 4.69) is 9.97 Å². The number of hydrogen-bond acceptors (Lipinski definition) is 4. The highest BCUT2D eigenvalue weighted by Crippen LogP contribution is 2.34. The Bertz CT molecular complexity index is 985. The van der Waals surface area contributed by atoms with E-state index < -0.39 is 11.5 Å². The fourth-order valence-corrected chi connectivity index (χ4v) is 4.16. The quantitative estimate of drug-likeness (QED) is 0.649. The summed E-state index contributed by atoms with van der Waals surface area (Å²) in [4.78, 5) is 22.4. The molecule has 0 bridgehead atoms. The SMILES string of the molecule is Cc1nc2ccc(C(=O)N3CC[C@@H](O)[C@@](CO)(Cc4ccccc4)C3)cc2[nH]1. The van der Waals surface area contributed by atoms with Crippen molar-refractivity contribution in [3.05, 3.63) is 65.5 Å². The van der Waals surface area contributed by atoms with Crippen molar-refractivity contribution in [2.45, 2.75) is 25.9 Å². The standard InChI is InChI=1S/C22H25N3O3/c1-15-23-18-8-7-17(11-19(18)24-15)21(28)25-10-9-20(27)22(13-25,14-26)12-16-5-3-2-4-6-16/h2-8,11,20,26-27H,9-10,12-14H2,1H3,(H,23,24)/t20-,22+/m1/s1. The summed E-state index contributed by atoms with van der Waals surface area (Å²) >= 11 is 0. The minimum atomic E-state index is -0.760. The molecule has 6 nitrogen and oxygen atoms in total. The molecule has 1 amide bonds. The number of H-pyrrole nitrogens is 1. The fourth-order valence-electron chi connectivity index (χ4n) is 4.16. The first-order valence-corrected chi connectivity index (χ1v) is 9.59. The van der Waals surface area contributed by atoms with Crippen molar-refractivity contribution >= 4 is 16.9 Å². The molecule has 1 fully saturated rings. The van der Waals surface area contributed by atoms with E-state index in [0.717, 1.165) is 22.4 Å². The molecule has 0 spiro atoms. The van der Waals surface area contributed by atoms with Crippen molar-refractivity contribution < 1.29 is 15.0 Å². The van der Waals surface area contributed by atoms with Gasteiger partial charge >= 0.3 is 0 Å². The summed E-state index contributed by atoms with van der Waals surface area (Å²) in [6.07, 6.45) is 0.318. The number of aliphatic hydroxyl groups excluding tert-OH is 2. The summed E-state index contributed by atoms with van der Waals surface area (Å²) in [5.41, 5.74) is 2.53. The van der Waals surface area contributed by atoms with E-state index in [-0.39, 0.29) is 12.5 Å². The second kappa shape index (κ2) is 7.37. The molecule has 0 radical (unpaired) electrons. The molecule has 146 valence electrons. The maximum absolute atomic E-state index is 13.1. The van der Waals surface area contributed by atoms with Gasteiger partial charge in [-0.15, -0.1) is 0 Å². The van der Waals surface area contributed by atoms with Gasteiger partial charge in [0.1, 0.15) is 5.82 Å². The summed E-state index contributed by atoms with van der Waals surface area (Å²) in [6, 6.07) is 15.2. The van der Waals surface area contributed by atoms with Crippen LogP contribution in [0.1, 0.15) is 28.2 Å². The molecule has 0 unspecified atom stereocenters. The molecule has 1 aliphatic rings. The number of likely N-dealkylation sites (tertiary alicyclic amines) is 1. The third-order valence-electron chi connectivity index (χ3n) is 5.73. The summed E-state index contributed by atoms with van der Waals surface area (Å²) in [5, 5.41) is 20.9. The molecule has 2 heterocycles. The van der Waals surface area contributed by atoms with Crippen LogP contribution in [0.3, 0.4) is 0 Å². The molecule has 0 saturated carbocycles. The first-order valence-electron chi connectivity index (χ1n) is 9.59. The average molecular weight is 379 g/mol. The first-order chi connectivity index (χ1) is 13.5. The molecule has 2 aromatic carbocycles. The Morgan fingerprint density at radius 1 is 1.29 bits per heavy atom. The number of hydrogen-bond donors (Lipinski definition) is 3. The summed E-state index contributed by atoms with van der Waals surface area (Å²) in [6.45, 7) is 2.49. The van der Waals surface area contributed by atoms with Gasteiger partial charge in [-0.25, -0.2) is 4.98 Å². The van der Waals surface area contributed by atoms with Crippen molar-refractivity contribution in [1.29, 1.82) is 0 Å². The molecule has 1 aliphatic heterocycles. The number of imidazole rings is 1. The Kier molecular flexibility index (Phi) is 4.91. The highest BCUT2D eigenvalue weighted by molar-refractivity contribution is 5.97. The van der Waals surface area contributed by atoms with Crippen LogP contribution in [-0.4, -0.2) is 56.8 Å². The number of amides is 1. The molecule has 1 aromatic heterocycles. The second-order valence-corrected chi connectivity index (χ2v) is 7.77. The topological polar surface area (TPSA) is 89.5 Å². The smallest absolute Gasteiger partial charge is 0.253 e. The predicted octanol–water partition coefficient (Wildman–Crippen LogP) is 2.30. The largest absolute Gasteiger partial charge is 0.396 e. The lowest BCUT2D eigenvalue weighted by Gasteiger charge is -2.45. The summed E-state index contributed by atoms with van der Waals surface area (Å²) in [7, 11) is 0. The number of piperidine rings is 1. The second-order valence-electron chi connectivity index (χ2n) is 7.77. The van der Waals surface area contributed by atoms with Crippen LogP contribution in [0.15, 0.2) is 48.5 Å². The normalized spacial score (nSPS) is 22.5. The van der Waals surface area contributed by atoms with Crippen LogP contribution >= 0.6 is 0 Å². The number of aromatic amines is 1. The number of aryl methyl sites for hydroxylation is 1. The van der Waals surface area contributed by atoms with Crippen LogP contribution in [-0.2, 0) is 6.42 Å². The maximum atomic E-state index is 13.1. The van der Waals surface area contributed by atoms with Gasteiger partial charge in [0.05, 0.1) is 23.7 Å². The zero-order valence-electron chi connectivity index (χ0n) is 15.9. The van der Waals surface area contributed by atoms with Gasteiger partial charge in [0.2, 0.25) is 0 Å². The molecule has 1 saturated heterocycles. The van der Waals surface area contributed by atoms with Crippen molar-refractivity contribution in [3.8, 4) is 0 Å². The monoisotopic (exact) mass is 379 g/mol. The zero-order chi connectivity index (χ0) is 19.7. The third-order valence-corrected chi connectivity index (χ3v) is 5.73. The number of carbonyl (C=O) groups is 1. The van der Waals surface area contributed by atoms with E-state index in [1.165, 1.54) is 0 Å². The number of nitrogens with zero attached hydrogens (tertiary/aromatic N) is 2. The molecular weight excluding hydrogens is 354 g/mol. The van der Waals surface area contributed by atoms with Crippen LogP contribution in [0.25, 0.3) is 11.0 Å². The predicted molar refractivity (Wildman–Crippen MR) is 107 cm³/mol. The van der Waals surface area contributed by atoms with E-state index in [1.807, 2.05) is 49.4 Å². The van der Waals surface area contributed by atoms with Crippen LogP contribution in [0.2, 0.25) is 0 Å². The van der Waals surface area contributed by atoms with Crippen molar-refractivity contribution in [3.63, 3.8) is 0 Å². The molecule has 3 N–H and O–H groups in total. The van der Waals surface area contributed by atoms with Gasteiger partial charge in [0.25, 0.3) is 5.91 Å². The number of aliphatic hydroxyl groups is 2. The number of aromatic nitrogens is 2. The van der Waals surface area contributed by atoms with Crippen LogP contribution in [0.5, 0.6) is 0 Å². The van der Waals surface area contributed by atoms with Crippen LogP contribution < -0.4 is 0 Å². The lowest BCUT2D eigenvalue weighted by atomic mass is 9.73. The van der Waals surface area contributed by atoms with Gasteiger partial charge in [-0.2, -0.15) is 0 Å². The minimum Gasteiger partial charge on any atom is -0.396 e. The molecule has 3 aromatic rings. The van der Waals surface area contributed by atoms with Crippen LogP contribution in [0, 0.1) is 12.3 Å². The van der Waals surface area contributed by atoms with Crippen molar-refractivity contribution in [2.75, 3.05) is 19.7 Å². The molecule has 6 heteroatoms. The van der Waals surface area contributed by atoms with Crippen LogP contribution in [0.4, 0.5) is 0 Å². The number of rotatable bonds is 4. The van der Waals surface area contributed by atoms with Crippen molar-refractivity contribution in [1.82, 2.24) is 14.9 Å². The van der Waals surface area contributed by atoms with Gasteiger partial charge in [0.15, 0.2) is 0 Å². The van der Waals surface area contributed by atoms with Gasteiger partial charge in [-0.3, -0.25) is 4.79 Å². The highest BCUT2D eigenvalue weighted by Gasteiger charge is 2.43. The van der Waals surface area contributed by atoms with Gasteiger partial charge in [-0.05, 0) is 43.5 Å². The number of carbonyl (C=O) groups excluding carboxylic acids is 1. The van der Waals surface area contributed by atoms with E-state index in [0.29, 0.717) is 31.5 Å². The molecule has 0 aliphatic carbocycles. The van der Waals surface area contributed by atoms with Gasteiger partial charge < -0.3 is 20.1 Å². The molecule has 4 rings (SSSR count). The Morgan fingerprint density at radius 3 is 2.82 bits per heavy atom. The Balaban J connectivity index is 1.59. The highest BCUT2D eigenvalue weighted by atomic mass is 16.3. The van der Waals surface area contributed by atoms with Crippen molar-refractivity contribution in [2.24, 2.45) is 5.41 Å². The Labute approximate surface area is 163 Å². The maximum Gasteiger partial charge on any atom is 0.253 e. The van der Waals surface area contributed by atoms with E-state index in [9.17, 15) is 15.0 Å². The van der Waals surface area contributed by atoms with E-state index in [1.54, 1.807) is 11.0 Å². The summed E-state index contributed by atoms with van der Waals surface area (Å²) in [5.74, 6) is 0.717. The molecule has 28 heavy (non-hydrogen) atoms.